The summed E-state index contributed by atoms with van der Waals surface area (Å²) in [6.07, 6.45) is 1.11. The number of hydrogen-bond acceptors (Lipinski definition) is 4. The molecule has 3 heterocycles. The second-order valence-electron chi connectivity index (χ2n) is 6.19. The summed E-state index contributed by atoms with van der Waals surface area (Å²) in [5.41, 5.74) is 1.20. The largest absolute Gasteiger partial charge is 0.312 e. The van der Waals surface area contributed by atoms with Gasteiger partial charge in [-0.3, -0.25) is 4.79 Å². The number of hydrogen-bond donors (Lipinski definition) is 0. The maximum Gasteiger partial charge on any atom is 0.250 e. The van der Waals surface area contributed by atoms with E-state index in [2.05, 4.69) is 4.90 Å². The van der Waals surface area contributed by atoms with Gasteiger partial charge in [0.15, 0.2) is 9.84 Å². The van der Waals surface area contributed by atoms with E-state index < -0.39 is 9.84 Å². The van der Waals surface area contributed by atoms with Crippen LogP contribution in [0.25, 0.3) is 0 Å². The average molecular weight is 310 g/mol. The van der Waals surface area contributed by atoms with Gasteiger partial charge in [0.2, 0.25) is 0 Å². The van der Waals surface area contributed by atoms with Crippen molar-refractivity contribution < 1.29 is 8.42 Å². The summed E-state index contributed by atoms with van der Waals surface area (Å²) >= 11 is 0. The molecule has 0 saturated carbocycles. The lowest BCUT2D eigenvalue weighted by Gasteiger charge is -2.42. The molecule has 2 bridgehead atoms. The van der Waals surface area contributed by atoms with Gasteiger partial charge in [-0.15, -0.1) is 0 Å². The predicted molar refractivity (Wildman–Crippen MR) is 82.3 cm³/mol. The third-order valence-electron chi connectivity index (χ3n) is 4.71. The molecule has 6 heteroatoms. The molecule has 0 radical (unpaired) electrons. The third-order valence-corrected chi connectivity index (χ3v) is 6.40. The molecule has 1 fully saturated rings. The summed E-state index contributed by atoms with van der Waals surface area (Å²) in [6, 6.07) is 5.49. The molecular weight excluding hydrogens is 288 g/mol. The molecule has 0 spiro atoms. The maximum absolute atomic E-state index is 11.9. The first-order valence-corrected chi connectivity index (χ1v) is 9.43. The van der Waals surface area contributed by atoms with Crippen LogP contribution in [0.15, 0.2) is 23.0 Å². The summed E-state index contributed by atoms with van der Waals surface area (Å²) in [5, 5.41) is 0. The Morgan fingerprint density at radius 3 is 2.81 bits per heavy atom. The Kier molecular flexibility index (Phi) is 3.92. The van der Waals surface area contributed by atoms with Crippen LogP contribution in [0.5, 0.6) is 0 Å². The van der Waals surface area contributed by atoms with Gasteiger partial charge in [-0.25, -0.2) is 8.42 Å². The van der Waals surface area contributed by atoms with Gasteiger partial charge in [-0.1, -0.05) is 13.0 Å². The van der Waals surface area contributed by atoms with Gasteiger partial charge in [0.05, 0.1) is 5.75 Å². The molecule has 0 aliphatic carbocycles. The fourth-order valence-electron chi connectivity index (χ4n) is 3.59. The minimum atomic E-state index is -2.91. The number of nitrogens with zero attached hydrogens (tertiary/aromatic N) is 2. The molecule has 1 aromatic heterocycles. The molecule has 0 amide bonds. The van der Waals surface area contributed by atoms with Crippen LogP contribution in [0.1, 0.15) is 25.0 Å². The van der Waals surface area contributed by atoms with Gasteiger partial charge in [-0.2, -0.15) is 0 Å². The molecule has 0 aromatic carbocycles. The zero-order chi connectivity index (χ0) is 15.0. The SMILES string of the molecule is CCS(=O)(=O)CCN1CC2CC(C1)c1cccc(=O)n1C2. The van der Waals surface area contributed by atoms with Crippen LogP contribution in [0.4, 0.5) is 0 Å². The van der Waals surface area contributed by atoms with Crippen LogP contribution >= 0.6 is 0 Å². The lowest BCUT2D eigenvalue weighted by Crippen LogP contribution is -2.48. The molecule has 1 aromatic rings. The van der Waals surface area contributed by atoms with E-state index in [4.69, 9.17) is 0 Å². The van der Waals surface area contributed by atoms with E-state index in [1.54, 1.807) is 13.0 Å². The first-order chi connectivity index (χ1) is 9.98. The van der Waals surface area contributed by atoms with E-state index in [0.29, 0.717) is 18.4 Å². The van der Waals surface area contributed by atoms with Crippen molar-refractivity contribution in [2.24, 2.45) is 5.92 Å². The van der Waals surface area contributed by atoms with Gasteiger partial charge in [0, 0.05) is 49.6 Å². The fourth-order valence-corrected chi connectivity index (χ4v) is 4.42. The van der Waals surface area contributed by atoms with Crippen LogP contribution in [0, 0.1) is 5.92 Å². The van der Waals surface area contributed by atoms with Crippen molar-refractivity contribution in [1.82, 2.24) is 9.47 Å². The van der Waals surface area contributed by atoms with Gasteiger partial charge in [0.25, 0.3) is 5.56 Å². The van der Waals surface area contributed by atoms with Gasteiger partial charge >= 0.3 is 0 Å². The summed E-state index contributed by atoms with van der Waals surface area (Å²) < 4.78 is 25.2. The lowest BCUT2D eigenvalue weighted by molar-refractivity contribution is 0.126. The zero-order valence-corrected chi connectivity index (χ0v) is 13.2. The molecule has 3 rings (SSSR count). The van der Waals surface area contributed by atoms with E-state index in [1.807, 2.05) is 16.7 Å². The Morgan fingerprint density at radius 1 is 1.24 bits per heavy atom. The van der Waals surface area contributed by atoms with Crippen molar-refractivity contribution in [3.8, 4) is 0 Å². The summed E-state index contributed by atoms with van der Waals surface area (Å²) in [7, 11) is -2.91. The standard InChI is InChI=1S/C15H22N2O3S/c1-2-21(19,20)7-6-16-9-12-8-13(11-16)14-4-3-5-15(18)17(14)10-12/h3-5,12-13H,2,6-11H2,1H3. The van der Waals surface area contributed by atoms with Crippen LogP contribution < -0.4 is 5.56 Å². The smallest absolute Gasteiger partial charge is 0.250 e. The number of pyridine rings is 1. The number of sulfone groups is 1. The van der Waals surface area contributed by atoms with Crippen molar-refractivity contribution in [1.29, 1.82) is 0 Å². The highest BCUT2D eigenvalue weighted by atomic mass is 32.2. The Morgan fingerprint density at radius 2 is 2.05 bits per heavy atom. The van der Waals surface area contributed by atoms with Crippen molar-refractivity contribution >= 4 is 9.84 Å². The van der Waals surface area contributed by atoms with Crippen LogP contribution in [0.2, 0.25) is 0 Å². The monoisotopic (exact) mass is 310 g/mol. The Hall–Kier alpha value is -1.14. The average Bonchev–Trinajstić information content (AvgIpc) is 2.46. The van der Waals surface area contributed by atoms with E-state index in [1.165, 1.54) is 0 Å². The van der Waals surface area contributed by atoms with Gasteiger partial charge < -0.3 is 9.47 Å². The summed E-state index contributed by atoms with van der Waals surface area (Å²) in [6.45, 7) is 4.83. The molecule has 0 N–H and O–H groups in total. The molecule has 2 aliphatic heterocycles. The highest BCUT2D eigenvalue weighted by molar-refractivity contribution is 7.91. The number of rotatable bonds is 4. The Bertz CT molecular complexity index is 680. The number of fused-ring (bicyclic) bond motifs is 4. The van der Waals surface area contributed by atoms with Crippen molar-refractivity contribution in [2.45, 2.75) is 25.8 Å². The van der Waals surface area contributed by atoms with Crippen molar-refractivity contribution in [3.63, 3.8) is 0 Å². The zero-order valence-electron chi connectivity index (χ0n) is 12.4. The maximum atomic E-state index is 11.9. The molecule has 2 unspecified atom stereocenters. The second kappa shape index (κ2) is 5.57. The highest BCUT2D eigenvalue weighted by Crippen LogP contribution is 2.34. The van der Waals surface area contributed by atoms with Crippen LogP contribution in [-0.4, -0.2) is 49.0 Å². The van der Waals surface area contributed by atoms with E-state index in [0.717, 1.165) is 31.7 Å². The molecular formula is C15H22N2O3S. The molecule has 1 saturated heterocycles. The predicted octanol–water partition coefficient (Wildman–Crippen LogP) is 0.702. The number of aromatic nitrogens is 1. The first kappa shape index (κ1) is 14.8. The van der Waals surface area contributed by atoms with Crippen LogP contribution in [-0.2, 0) is 16.4 Å². The molecule has 5 nitrogen and oxygen atoms in total. The third kappa shape index (κ3) is 3.06. The topological polar surface area (TPSA) is 59.4 Å². The lowest BCUT2D eigenvalue weighted by atomic mass is 9.83. The minimum Gasteiger partial charge on any atom is -0.312 e. The van der Waals surface area contributed by atoms with Crippen molar-refractivity contribution in [2.75, 3.05) is 31.1 Å². The molecule has 21 heavy (non-hydrogen) atoms. The first-order valence-electron chi connectivity index (χ1n) is 7.61. The van der Waals surface area contributed by atoms with E-state index in [-0.39, 0.29) is 17.1 Å². The van der Waals surface area contributed by atoms with Crippen molar-refractivity contribution in [3.05, 3.63) is 34.2 Å². The summed E-state index contributed by atoms with van der Waals surface area (Å²) in [4.78, 5) is 14.2. The summed E-state index contributed by atoms with van der Waals surface area (Å²) in [5.74, 6) is 1.27. The Balaban J connectivity index is 1.75. The minimum absolute atomic E-state index is 0.0872. The van der Waals surface area contributed by atoms with Gasteiger partial charge in [0.1, 0.15) is 0 Å². The quantitative estimate of drug-likeness (QED) is 0.821. The van der Waals surface area contributed by atoms with E-state index in [9.17, 15) is 13.2 Å². The fraction of sp³-hybridized carbons (Fsp3) is 0.667. The number of likely N-dealkylation sites (tertiary alicyclic amines) is 1. The van der Waals surface area contributed by atoms with Gasteiger partial charge in [-0.05, 0) is 18.4 Å². The molecule has 2 aliphatic rings. The normalized spacial score (nSPS) is 25.6. The second-order valence-corrected chi connectivity index (χ2v) is 8.67. The molecule has 116 valence electrons. The van der Waals surface area contributed by atoms with E-state index >= 15 is 0 Å². The highest BCUT2D eigenvalue weighted by Gasteiger charge is 2.34. The Labute approximate surface area is 125 Å². The number of piperidine rings is 1. The van der Waals surface area contributed by atoms with Crippen LogP contribution in [0.3, 0.4) is 0 Å². The molecule has 2 atom stereocenters.